The highest BCUT2D eigenvalue weighted by atomic mass is 16.5. The van der Waals surface area contributed by atoms with Crippen LogP contribution in [0.2, 0.25) is 0 Å². The van der Waals surface area contributed by atoms with Crippen LogP contribution < -0.4 is 11.1 Å². The molecule has 0 saturated carbocycles. The molecule has 0 aliphatic carbocycles. The number of anilines is 1. The molecule has 0 bridgehead atoms. The van der Waals surface area contributed by atoms with Crippen LogP contribution in [0.15, 0.2) is 22.7 Å². The maximum atomic E-state index is 12.3. The van der Waals surface area contributed by atoms with E-state index in [9.17, 15) is 4.79 Å². The van der Waals surface area contributed by atoms with Crippen molar-refractivity contribution in [2.24, 2.45) is 0 Å². The predicted octanol–water partition coefficient (Wildman–Crippen LogP) is 2.67. The van der Waals surface area contributed by atoms with Gasteiger partial charge in [-0.3, -0.25) is 4.79 Å². The molecular weight excluding hydrogens is 254 g/mol. The highest BCUT2D eigenvalue weighted by molar-refractivity contribution is 5.96. The molecular formula is C15H19N3O2. The highest BCUT2D eigenvalue weighted by Crippen LogP contribution is 2.22. The number of nitrogens with two attached hydrogens (primary N) is 1. The molecule has 106 valence electrons. The minimum absolute atomic E-state index is 0.151. The van der Waals surface area contributed by atoms with Crippen LogP contribution in [0.25, 0.3) is 0 Å². The Kier molecular flexibility index (Phi) is 3.79. The first-order valence-corrected chi connectivity index (χ1v) is 6.50. The van der Waals surface area contributed by atoms with Crippen molar-refractivity contribution in [1.29, 1.82) is 0 Å². The number of nitrogens with one attached hydrogen (secondary N) is 1. The molecule has 0 fully saturated rings. The van der Waals surface area contributed by atoms with E-state index in [-0.39, 0.29) is 11.9 Å². The van der Waals surface area contributed by atoms with Crippen LogP contribution in [0.3, 0.4) is 0 Å². The van der Waals surface area contributed by atoms with Gasteiger partial charge in [0.1, 0.15) is 5.76 Å². The monoisotopic (exact) mass is 273 g/mol. The second-order valence-electron chi connectivity index (χ2n) is 5.01. The Balaban J connectivity index is 2.22. The number of aryl methyl sites for hydroxylation is 3. The molecule has 1 amide bonds. The van der Waals surface area contributed by atoms with Gasteiger partial charge in [0.2, 0.25) is 0 Å². The highest BCUT2D eigenvalue weighted by Gasteiger charge is 2.19. The van der Waals surface area contributed by atoms with Crippen LogP contribution in [0.5, 0.6) is 0 Å². The largest absolute Gasteiger partial charge is 0.399 e. The molecule has 2 rings (SSSR count). The second kappa shape index (κ2) is 5.36. The number of aromatic nitrogens is 1. The predicted molar refractivity (Wildman–Crippen MR) is 77.4 cm³/mol. The maximum Gasteiger partial charge on any atom is 0.252 e. The van der Waals surface area contributed by atoms with Crippen molar-refractivity contribution in [3.63, 3.8) is 0 Å². The number of amides is 1. The molecule has 0 radical (unpaired) electrons. The van der Waals surface area contributed by atoms with Crippen molar-refractivity contribution in [2.45, 2.75) is 33.7 Å². The quantitative estimate of drug-likeness (QED) is 0.842. The van der Waals surface area contributed by atoms with E-state index >= 15 is 0 Å². The lowest BCUT2D eigenvalue weighted by Crippen LogP contribution is -2.28. The Hall–Kier alpha value is -2.30. The SMILES string of the molecule is Cc1ccc(N)cc1C(=O)NC(C)c1c(C)noc1C. The summed E-state index contributed by atoms with van der Waals surface area (Å²) in [6.07, 6.45) is 0. The second-order valence-corrected chi connectivity index (χ2v) is 5.01. The van der Waals surface area contributed by atoms with Gasteiger partial charge in [0.25, 0.3) is 5.91 Å². The Morgan fingerprint density at radius 3 is 2.65 bits per heavy atom. The van der Waals surface area contributed by atoms with Crippen molar-refractivity contribution in [3.05, 3.63) is 46.3 Å². The molecule has 5 nitrogen and oxygen atoms in total. The number of carbonyl (C=O) groups is 1. The molecule has 1 heterocycles. The summed E-state index contributed by atoms with van der Waals surface area (Å²) in [6, 6.07) is 5.13. The normalized spacial score (nSPS) is 12.2. The minimum Gasteiger partial charge on any atom is -0.399 e. The number of hydrogen-bond acceptors (Lipinski definition) is 4. The first-order valence-electron chi connectivity index (χ1n) is 6.50. The van der Waals surface area contributed by atoms with Crippen LogP contribution in [-0.4, -0.2) is 11.1 Å². The summed E-state index contributed by atoms with van der Waals surface area (Å²) in [5, 5.41) is 6.86. The summed E-state index contributed by atoms with van der Waals surface area (Å²) in [7, 11) is 0. The number of nitrogen functional groups attached to an aromatic ring is 1. The summed E-state index contributed by atoms with van der Waals surface area (Å²) < 4.78 is 5.13. The lowest BCUT2D eigenvalue weighted by molar-refractivity contribution is 0.0939. The van der Waals surface area contributed by atoms with Crippen LogP contribution in [0.1, 0.15) is 45.9 Å². The third-order valence-electron chi connectivity index (χ3n) is 3.38. The summed E-state index contributed by atoms with van der Waals surface area (Å²) in [4.78, 5) is 12.3. The molecule has 1 aromatic heterocycles. The van der Waals surface area contributed by atoms with E-state index in [0.29, 0.717) is 11.3 Å². The average molecular weight is 273 g/mol. The molecule has 0 saturated heterocycles. The van der Waals surface area contributed by atoms with Gasteiger partial charge in [-0.15, -0.1) is 0 Å². The van der Waals surface area contributed by atoms with Gasteiger partial charge in [0, 0.05) is 16.8 Å². The van der Waals surface area contributed by atoms with Crippen LogP contribution >= 0.6 is 0 Å². The zero-order valence-electron chi connectivity index (χ0n) is 12.2. The van der Waals surface area contributed by atoms with Crippen LogP contribution in [-0.2, 0) is 0 Å². The van der Waals surface area contributed by atoms with E-state index in [1.807, 2.05) is 33.8 Å². The summed E-state index contributed by atoms with van der Waals surface area (Å²) in [6.45, 7) is 7.49. The van der Waals surface area contributed by atoms with Crippen LogP contribution in [0, 0.1) is 20.8 Å². The van der Waals surface area contributed by atoms with Gasteiger partial charge >= 0.3 is 0 Å². The molecule has 0 spiro atoms. The lowest BCUT2D eigenvalue weighted by atomic mass is 10.0. The third-order valence-corrected chi connectivity index (χ3v) is 3.38. The van der Waals surface area contributed by atoms with Gasteiger partial charge < -0.3 is 15.6 Å². The molecule has 5 heteroatoms. The van der Waals surface area contributed by atoms with E-state index < -0.39 is 0 Å². The fraction of sp³-hybridized carbons (Fsp3) is 0.333. The van der Waals surface area contributed by atoms with E-state index in [0.717, 1.165) is 22.6 Å². The minimum atomic E-state index is -0.172. The van der Waals surface area contributed by atoms with Gasteiger partial charge in [0.05, 0.1) is 11.7 Å². The number of rotatable bonds is 3. The lowest BCUT2D eigenvalue weighted by Gasteiger charge is -2.15. The van der Waals surface area contributed by atoms with E-state index in [2.05, 4.69) is 10.5 Å². The Morgan fingerprint density at radius 2 is 2.05 bits per heavy atom. The fourth-order valence-corrected chi connectivity index (χ4v) is 2.34. The van der Waals surface area contributed by atoms with Gasteiger partial charge in [-0.05, 0) is 45.4 Å². The van der Waals surface area contributed by atoms with Crippen molar-refractivity contribution >= 4 is 11.6 Å². The van der Waals surface area contributed by atoms with E-state index in [1.54, 1.807) is 12.1 Å². The first kappa shape index (κ1) is 14.1. The number of nitrogens with zero attached hydrogens (tertiary/aromatic N) is 1. The number of carbonyl (C=O) groups excluding carboxylic acids is 1. The maximum absolute atomic E-state index is 12.3. The summed E-state index contributed by atoms with van der Waals surface area (Å²) >= 11 is 0. The molecule has 1 atom stereocenters. The smallest absolute Gasteiger partial charge is 0.252 e. The molecule has 1 unspecified atom stereocenters. The topological polar surface area (TPSA) is 81.2 Å². The van der Waals surface area contributed by atoms with Gasteiger partial charge in [-0.25, -0.2) is 0 Å². The van der Waals surface area contributed by atoms with Crippen molar-refractivity contribution in [1.82, 2.24) is 10.5 Å². The Morgan fingerprint density at radius 1 is 1.35 bits per heavy atom. The fourth-order valence-electron chi connectivity index (χ4n) is 2.34. The van der Waals surface area contributed by atoms with Crippen molar-refractivity contribution in [2.75, 3.05) is 5.73 Å². The van der Waals surface area contributed by atoms with E-state index in [4.69, 9.17) is 10.3 Å². The number of benzene rings is 1. The standard InChI is InChI=1S/C15H19N3O2/c1-8-5-6-12(16)7-13(8)15(19)17-9(2)14-10(3)18-20-11(14)4/h5-7,9H,16H2,1-4H3,(H,17,19). The van der Waals surface area contributed by atoms with Crippen LogP contribution in [0.4, 0.5) is 5.69 Å². The third kappa shape index (κ3) is 2.66. The van der Waals surface area contributed by atoms with Gasteiger partial charge in [-0.1, -0.05) is 11.2 Å². The Bertz CT molecular complexity index is 627. The average Bonchev–Trinajstić information content (AvgIpc) is 2.71. The van der Waals surface area contributed by atoms with Gasteiger partial charge in [0.15, 0.2) is 0 Å². The molecule has 0 aliphatic heterocycles. The van der Waals surface area contributed by atoms with Crippen molar-refractivity contribution < 1.29 is 9.32 Å². The van der Waals surface area contributed by atoms with Gasteiger partial charge in [-0.2, -0.15) is 0 Å². The number of hydrogen-bond donors (Lipinski definition) is 2. The first-order chi connectivity index (χ1) is 9.40. The molecule has 1 aromatic carbocycles. The molecule has 20 heavy (non-hydrogen) atoms. The van der Waals surface area contributed by atoms with Crippen molar-refractivity contribution in [3.8, 4) is 0 Å². The Labute approximate surface area is 118 Å². The summed E-state index contributed by atoms with van der Waals surface area (Å²) in [5.41, 5.74) is 9.49. The van der Waals surface area contributed by atoms with E-state index in [1.165, 1.54) is 0 Å². The molecule has 3 N–H and O–H groups in total. The summed E-state index contributed by atoms with van der Waals surface area (Å²) in [5.74, 6) is 0.571. The molecule has 0 aliphatic rings. The zero-order chi connectivity index (χ0) is 14.9. The zero-order valence-corrected chi connectivity index (χ0v) is 12.2. The molecule has 2 aromatic rings.